The molecule has 3 aromatic rings. The van der Waals surface area contributed by atoms with Gasteiger partial charge in [0.25, 0.3) is 11.8 Å². The van der Waals surface area contributed by atoms with Crippen molar-refractivity contribution in [3.63, 3.8) is 0 Å². The van der Waals surface area contributed by atoms with Crippen LogP contribution in [0.25, 0.3) is 6.08 Å². The third-order valence-corrected chi connectivity index (χ3v) is 5.21. The molecule has 1 heterocycles. The number of carbonyl (C=O) groups excluding carboxylic acids is 2. The average molecular weight is 517 g/mol. The van der Waals surface area contributed by atoms with Crippen LogP contribution in [0, 0.1) is 3.57 Å². The number of phenols is 1. The van der Waals surface area contributed by atoms with Gasteiger partial charge in [-0.3, -0.25) is 9.59 Å². The van der Waals surface area contributed by atoms with Crippen LogP contribution in [-0.4, -0.2) is 23.1 Å². The molecule has 3 N–H and O–H groups in total. The van der Waals surface area contributed by atoms with E-state index < -0.39 is 11.8 Å². The van der Waals surface area contributed by atoms with Crippen LogP contribution in [0.15, 0.2) is 76.8 Å². The van der Waals surface area contributed by atoms with E-state index in [0.717, 1.165) is 8.45 Å². The maximum Gasteiger partial charge on any atom is 0.287 e. The molecule has 1 aromatic heterocycles. The minimum Gasteiger partial charge on any atom is -0.507 e. The Bertz CT molecular complexity index is 1060. The molecular weight excluding hydrogens is 501 g/mol. The molecule has 29 heavy (non-hydrogen) atoms. The van der Waals surface area contributed by atoms with E-state index in [2.05, 4.69) is 38.4 Å². The maximum absolute atomic E-state index is 12.6. The highest BCUT2D eigenvalue weighted by Gasteiger charge is 2.14. The van der Waals surface area contributed by atoms with E-state index in [1.807, 2.05) is 17.5 Å². The molecule has 6 nitrogen and oxygen atoms in total. The fourth-order valence-electron chi connectivity index (χ4n) is 2.31. The van der Waals surface area contributed by atoms with Gasteiger partial charge in [-0.1, -0.05) is 24.3 Å². The molecule has 0 aliphatic heterocycles. The summed E-state index contributed by atoms with van der Waals surface area (Å²) in [6, 6.07) is 17.3. The fraction of sp³-hybridized carbons (Fsp3) is 0. The Labute approximate surface area is 185 Å². The van der Waals surface area contributed by atoms with Gasteiger partial charge >= 0.3 is 0 Å². The van der Waals surface area contributed by atoms with E-state index in [1.165, 1.54) is 17.6 Å². The first kappa shape index (κ1) is 20.7. The summed E-state index contributed by atoms with van der Waals surface area (Å²) in [4.78, 5) is 25.9. The van der Waals surface area contributed by atoms with Crippen molar-refractivity contribution in [3.05, 3.63) is 91.3 Å². The summed E-state index contributed by atoms with van der Waals surface area (Å²) in [7, 11) is 0. The van der Waals surface area contributed by atoms with E-state index in [9.17, 15) is 14.7 Å². The van der Waals surface area contributed by atoms with Gasteiger partial charge in [-0.05, 0) is 70.4 Å². The Balaban J connectivity index is 1.77. The van der Waals surface area contributed by atoms with Gasteiger partial charge in [0.15, 0.2) is 0 Å². The van der Waals surface area contributed by atoms with Crippen LogP contribution in [0.4, 0.5) is 0 Å². The second-order valence-electron chi connectivity index (χ2n) is 5.80. The fourth-order valence-corrected chi connectivity index (χ4v) is 3.48. The van der Waals surface area contributed by atoms with Crippen molar-refractivity contribution < 1.29 is 14.7 Å². The molecule has 0 aliphatic rings. The molecule has 2 aromatic carbocycles. The Kier molecular flexibility index (Phi) is 7.14. The molecule has 3 rings (SSSR count). The van der Waals surface area contributed by atoms with Crippen LogP contribution in [0.2, 0.25) is 0 Å². The zero-order valence-corrected chi connectivity index (χ0v) is 18.0. The first-order chi connectivity index (χ1) is 14.0. The number of carbonyl (C=O) groups is 2. The Hall–Kier alpha value is -2.98. The second kappa shape index (κ2) is 9.99. The van der Waals surface area contributed by atoms with Gasteiger partial charge < -0.3 is 10.4 Å². The lowest BCUT2D eigenvalue weighted by Crippen LogP contribution is -2.32. The van der Waals surface area contributed by atoms with Crippen LogP contribution in [0.1, 0.15) is 20.8 Å². The van der Waals surface area contributed by atoms with E-state index in [0.29, 0.717) is 11.1 Å². The van der Waals surface area contributed by atoms with Gasteiger partial charge in [-0.2, -0.15) is 5.10 Å². The number of nitrogens with one attached hydrogen (secondary N) is 2. The van der Waals surface area contributed by atoms with Gasteiger partial charge in [0.1, 0.15) is 11.4 Å². The highest BCUT2D eigenvalue weighted by molar-refractivity contribution is 14.1. The third kappa shape index (κ3) is 6.00. The molecule has 0 fully saturated rings. The second-order valence-corrected chi connectivity index (χ2v) is 8.02. The molecule has 8 heteroatoms. The minimum atomic E-state index is -0.580. The lowest BCUT2D eigenvalue weighted by molar-refractivity contribution is -0.117. The predicted molar refractivity (Wildman–Crippen MR) is 123 cm³/mol. The van der Waals surface area contributed by atoms with E-state index >= 15 is 0 Å². The van der Waals surface area contributed by atoms with Gasteiger partial charge in [0, 0.05) is 19.6 Å². The number of halogens is 1. The number of phenolic OH excluding ortho intramolecular Hbond substituents is 1. The summed E-state index contributed by atoms with van der Waals surface area (Å²) in [5, 5.41) is 18.3. The standard InChI is InChI=1S/C21H16IN3O3S/c22-16-8-9-19(26)15(11-16)13-23-25-21(28)18(12-17-7-4-10-29-17)24-20(27)14-5-2-1-3-6-14/h1-13,26H,(H,24,27)(H,25,28)/b18-12-,23-13+. The number of hydrazone groups is 1. The van der Waals surface area contributed by atoms with Crippen LogP contribution in [-0.2, 0) is 4.79 Å². The normalized spacial score (nSPS) is 11.4. The summed E-state index contributed by atoms with van der Waals surface area (Å²) < 4.78 is 0.918. The number of hydrogen-bond donors (Lipinski definition) is 3. The van der Waals surface area contributed by atoms with Gasteiger partial charge in [-0.25, -0.2) is 5.43 Å². The Morgan fingerprint density at radius 3 is 2.59 bits per heavy atom. The molecule has 0 spiro atoms. The lowest BCUT2D eigenvalue weighted by Gasteiger charge is -2.08. The maximum atomic E-state index is 12.6. The molecular formula is C21H16IN3O3S. The van der Waals surface area contributed by atoms with Crippen molar-refractivity contribution in [2.75, 3.05) is 0 Å². The zero-order chi connectivity index (χ0) is 20.6. The molecule has 0 atom stereocenters. The number of thiophene rings is 1. The van der Waals surface area contributed by atoms with Gasteiger partial charge in [-0.15, -0.1) is 11.3 Å². The highest BCUT2D eigenvalue weighted by atomic mass is 127. The largest absolute Gasteiger partial charge is 0.507 e. The molecule has 0 bridgehead atoms. The SMILES string of the molecule is O=C(N/N=C/c1cc(I)ccc1O)/C(=C/c1cccs1)NC(=O)c1ccccc1. The van der Waals surface area contributed by atoms with Gasteiger partial charge in [0.05, 0.1) is 6.21 Å². The molecule has 0 unspecified atom stereocenters. The topological polar surface area (TPSA) is 90.8 Å². The van der Waals surface area contributed by atoms with E-state index in [-0.39, 0.29) is 11.4 Å². The average Bonchev–Trinajstić information content (AvgIpc) is 3.23. The van der Waals surface area contributed by atoms with Crippen LogP contribution >= 0.6 is 33.9 Å². The number of amides is 2. The van der Waals surface area contributed by atoms with E-state index in [1.54, 1.807) is 54.6 Å². The summed E-state index contributed by atoms with van der Waals surface area (Å²) in [6.07, 6.45) is 2.93. The van der Waals surface area contributed by atoms with Crippen molar-refractivity contribution in [2.45, 2.75) is 0 Å². The number of nitrogens with zero attached hydrogens (tertiary/aromatic N) is 1. The minimum absolute atomic E-state index is 0.0511. The Morgan fingerprint density at radius 2 is 1.86 bits per heavy atom. The predicted octanol–water partition coefficient (Wildman–Crippen LogP) is 3.98. The van der Waals surface area contributed by atoms with Crippen molar-refractivity contribution >= 4 is 58.0 Å². The quantitative estimate of drug-likeness (QED) is 0.200. The zero-order valence-electron chi connectivity index (χ0n) is 15.0. The number of rotatable bonds is 6. The smallest absolute Gasteiger partial charge is 0.287 e. The van der Waals surface area contributed by atoms with E-state index in [4.69, 9.17) is 0 Å². The molecule has 0 radical (unpaired) electrons. The third-order valence-electron chi connectivity index (χ3n) is 3.72. The molecule has 0 saturated heterocycles. The Morgan fingerprint density at radius 1 is 1.07 bits per heavy atom. The van der Waals surface area contributed by atoms with Crippen LogP contribution < -0.4 is 10.7 Å². The monoisotopic (exact) mass is 517 g/mol. The molecule has 146 valence electrons. The van der Waals surface area contributed by atoms with Crippen molar-refractivity contribution in [1.82, 2.24) is 10.7 Å². The lowest BCUT2D eigenvalue weighted by atomic mass is 10.2. The summed E-state index contributed by atoms with van der Waals surface area (Å²) in [5.74, 6) is -0.929. The number of aromatic hydroxyl groups is 1. The number of benzene rings is 2. The van der Waals surface area contributed by atoms with Crippen LogP contribution in [0.5, 0.6) is 5.75 Å². The van der Waals surface area contributed by atoms with Crippen molar-refractivity contribution in [3.8, 4) is 5.75 Å². The summed E-state index contributed by atoms with van der Waals surface area (Å²) in [6.45, 7) is 0. The first-order valence-electron chi connectivity index (χ1n) is 8.46. The molecule has 0 aliphatic carbocycles. The summed E-state index contributed by atoms with van der Waals surface area (Å²) >= 11 is 3.55. The summed E-state index contributed by atoms with van der Waals surface area (Å²) in [5.41, 5.74) is 3.35. The first-order valence-corrected chi connectivity index (χ1v) is 10.4. The van der Waals surface area contributed by atoms with Crippen molar-refractivity contribution in [1.29, 1.82) is 0 Å². The highest BCUT2D eigenvalue weighted by Crippen LogP contribution is 2.17. The van der Waals surface area contributed by atoms with Gasteiger partial charge in [0.2, 0.25) is 0 Å². The molecule has 0 saturated carbocycles. The number of hydrogen-bond acceptors (Lipinski definition) is 5. The van der Waals surface area contributed by atoms with Crippen LogP contribution in [0.3, 0.4) is 0 Å². The van der Waals surface area contributed by atoms with Crippen molar-refractivity contribution in [2.24, 2.45) is 5.10 Å². The molecule has 2 amide bonds.